The Labute approximate surface area is 153 Å². The average Bonchev–Trinajstić information content (AvgIpc) is 2.55. The molecule has 1 atom stereocenters. The van der Waals surface area contributed by atoms with Crippen molar-refractivity contribution < 1.29 is 13.2 Å². The summed E-state index contributed by atoms with van der Waals surface area (Å²) in [5.41, 5.74) is 1.72. The molecule has 2 aromatic rings. The van der Waals surface area contributed by atoms with E-state index in [0.29, 0.717) is 5.02 Å². The van der Waals surface area contributed by atoms with Gasteiger partial charge in [0, 0.05) is 11.6 Å². The Morgan fingerprint density at radius 3 is 2.28 bits per heavy atom. The lowest BCUT2D eigenvalue weighted by Crippen LogP contribution is -2.40. The highest BCUT2D eigenvalue weighted by Crippen LogP contribution is 2.16. The summed E-state index contributed by atoms with van der Waals surface area (Å²) in [6, 6.07) is 16.1. The van der Waals surface area contributed by atoms with Crippen LogP contribution in [0.5, 0.6) is 0 Å². The molecule has 25 heavy (non-hydrogen) atoms. The van der Waals surface area contributed by atoms with E-state index in [4.69, 9.17) is 11.6 Å². The van der Waals surface area contributed by atoms with Crippen LogP contribution in [0.1, 0.15) is 24.1 Å². The molecule has 2 rings (SSSR count). The Morgan fingerprint density at radius 2 is 1.72 bits per heavy atom. The van der Waals surface area contributed by atoms with Gasteiger partial charge >= 0.3 is 0 Å². The lowest BCUT2D eigenvalue weighted by molar-refractivity contribution is -0.122. The molecule has 0 spiro atoms. The van der Waals surface area contributed by atoms with E-state index in [-0.39, 0.29) is 25.0 Å². The van der Waals surface area contributed by atoms with Gasteiger partial charge in [-0.3, -0.25) is 4.79 Å². The highest BCUT2D eigenvalue weighted by atomic mass is 35.5. The summed E-state index contributed by atoms with van der Waals surface area (Å²) < 4.78 is 25.2. The zero-order valence-corrected chi connectivity index (χ0v) is 15.7. The molecule has 1 unspecified atom stereocenters. The van der Waals surface area contributed by atoms with Gasteiger partial charge in [-0.15, -0.1) is 0 Å². The molecule has 0 fully saturated rings. The fourth-order valence-corrected chi connectivity index (χ4v) is 3.22. The van der Waals surface area contributed by atoms with Crippen LogP contribution in [0.2, 0.25) is 5.02 Å². The number of amides is 1. The maximum atomic E-state index is 12.3. The second-order valence-corrected chi connectivity index (χ2v) is 8.28. The van der Waals surface area contributed by atoms with Crippen LogP contribution >= 0.6 is 11.6 Å². The third kappa shape index (κ3) is 6.16. The van der Waals surface area contributed by atoms with Crippen molar-refractivity contribution >= 4 is 27.5 Å². The topological polar surface area (TPSA) is 66.5 Å². The standard InChI is InChI=1S/C18H21ClN2O3S/c1-14(16-8-10-17(19)11-9-16)20-18(22)13-21(25(2,23)24)12-15-6-4-3-5-7-15/h3-11,14H,12-13H2,1-2H3,(H,20,22). The molecule has 0 aliphatic heterocycles. The van der Waals surface area contributed by atoms with E-state index in [1.165, 1.54) is 0 Å². The molecule has 2 aromatic carbocycles. The van der Waals surface area contributed by atoms with Gasteiger partial charge in [0.25, 0.3) is 0 Å². The highest BCUT2D eigenvalue weighted by molar-refractivity contribution is 7.88. The molecular weight excluding hydrogens is 360 g/mol. The predicted molar refractivity (Wildman–Crippen MR) is 99.7 cm³/mol. The Kier molecular flexibility index (Phi) is 6.58. The van der Waals surface area contributed by atoms with E-state index in [1.54, 1.807) is 12.1 Å². The summed E-state index contributed by atoms with van der Waals surface area (Å²) in [5.74, 6) is -0.358. The third-order valence-electron chi connectivity index (χ3n) is 3.74. The number of rotatable bonds is 7. The van der Waals surface area contributed by atoms with E-state index in [1.807, 2.05) is 49.4 Å². The molecule has 0 saturated heterocycles. The van der Waals surface area contributed by atoms with Crippen molar-refractivity contribution in [1.29, 1.82) is 0 Å². The van der Waals surface area contributed by atoms with Gasteiger partial charge in [-0.1, -0.05) is 54.1 Å². The van der Waals surface area contributed by atoms with Gasteiger partial charge in [0.15, 0.2) is 0 Å². The minimum absolute atomic E-state index is 0.155. The first-order valence-corrected chi connectivity index (χ1v) is 10.0. The minimum atomic E-state index is -3.51. The number of hydrogen-bond acceptors (Lipinski definition) is 3. The van der Waals surface area contributed by atoms with Crippen molar-refractivity contribution in [3.63, 3.8) is 0 Å². The molecule has 1 amide bonds. The van der Waals surface area contributed by atoms with Crippen LogP contribution < -0.4 is 5.32 Å². The van der Waals surface area contributed by atoms with Crippen molar-refractivity contribution in [3.05, 3.63) is 70.7 Å². The second-order valence-electron chi connectivity index (χ2n) is 5.86. The lowest BCUT2D eigenvalue weighted by Gasteiger charge is -2.21. The van der Waals surface area contributed by atoms with Crippen molar-refractivity contribution in [2.45, 2.75) is 19.5 Å². The Hall–Kier alpha value is -1.89. The van der Waals surface area contributed by atoms with E-state index in [2.05, 4.69) is 5.32 Å². The maximum absolute atomic E-state index is 12.3. The molecule has 0 heterocycles. The SMILES string of the molecule is CC(NC(=O)CN(Cc1ccccc1)S(C)(=O)=O)c1ccc(Cl)cc1. The zero-order chi connectivity index (χ0) is 18.4. The summed E-state index contributed by atoms with van der Waals surface area (Å²) >= 11 is 5.86. The Morgan fingerprint density at radius 1 is 1.12 bits per heavy atom. The number of benzene rings is 2. The maximum Gasteiger partial charge on any atom is 0.235 e. The van der Waals surface area contributed by atoms with E-state index >= 15 is 0 Å². The van der Waals surface area contributed by atoms with Gasteiger partial charge in [-0.2, -0.15) is 4.31 Å². The molecule has 134 valence electrons. The minimum Gasteiger partial charge on any atom is -0.348 e. The molecule has 0 aliphatic carbocycles. The summed E-state index contributed by atoms with van der Waals surface area (Å²) in [7, 11) is -3.51. The van der Waals surface area contributed by atoms with Crippen LogP contribution in [-0.4, -0.2) is 31.4 Å². The van der Waals surface area contributed by atoms with E-state index < -0.39 is 10.0 Å². The molecular formula is C18H21ClN2O3S. The molecule has 0 saturated carbocycles. The van der Waals surface area contributed by atoms with Crippen LogP contribution in [0.25, 0.3) is 0 Å². The number of halogens is 1. The number of carbonyl (C=O) groups is 1. The van der Waals surface area contributed by atoms with Crippen LogP contribution in [0.4, 0.5) is 0 Å². The van der Waals surface area contributed by atoms with Gasteiger partial charge in [-0.25, -0.2) is 8.42 Å². The number of nitrogens with zero attached hydrogens (tertiary/aromatic N) is 1. The average molecular weight is 381 g/mol. The lowest BCUT2D eigenvalue weighted by atomic mass is 10.1. The fourth-order valence-electron chi connectivity index (χ4n) is 2.36. The van der Waals surface area contributed by atoms with Gasteiger partial charge < -0.3 is 5.32 Å². The quantitative estimate of drug-likeness (QED) is 0.803. The first-order chi connectivity index (χ1) is 11.8. The smallest absolute Gasteiger partial charge is 0.235 e. The largest absolute Gasteiger partial charge is 0.348 e. The second kappa shape index (κ2) is 8.47. The van der Waals surface area contributed by atoms with Crippen LogP contribution in [0.15, 0.2) is 54.6 Å². The molecule has 5 nitrogen and oxygen atoms in total. The number of carbonyl (C=O) groups excluding carboxylic acids is 1. The van der Waals surface area contributed by atoms with Gasteiger partial charge in [-0.05, 0) is 30.2 Å². The first kappa shape index (κ1) is 19.4. The Balaban J connectivity index is 2.03. The number of nitrogens with one attached hydrogen (secondary N) is 1. The Bertz CT molecular complexity index is 808. The first-order valence-electron chi connectivity index (χ1n) is 7.79. The van der Waals surface area contributed by atoms with Crippen molar-refractivity contribution in [2.24, 2.45) is 0 Å². The molecule has 7 heteroatoms. The van der Waals surface area contributed by atoms with E-state index in [0.717, 1.165) is 21.7 Å². The van der Waals surface area contributed by atoms with E-state index in [9.17, 15) is 13.2 Å². The molecule has 0 aromatic heterocycles. The molecule has 0 radical (unpaired) electrons. The van der Waals surface area contributed by atoms with Crippen LogP contribution in [0.3, 0.4) is 0 Å². The van der Waals surface area contributed by atoms with Crippen molar-refractivity contribution in [2.75, 3.05) is 12.8 Å². The van der Waals surface area contributed by atoms with Crippen LogP contribution in [0, 0.1) is 0 Å². The molecule has 0 bridgehead atoms. The summed E-state index contributed by atoms with van der Waals surface area (Å²) in [4.78, 5) is 12.3. The number of hydrogen-bond donors (Lipinski definition) is 1. The number of sulfonamides is 1. The zero-order valence-electron chi connectivity index (χ0n) is 14.1. The van der Waals surface area contributed by atoms with Gasteiger partial charge in [0.05, 0.1) is 18.8 Å². The molecule has 0 aliphatic rings. The monoisotopic (exact) mass is 380 g/mol. The third-order valence-corrected chi connectivity index (χ3v) is 5.19. The normalized spacial score (nSPS) is 12.8. The van der Waals surface area contributed by atoms with Gasteiger partial charge in [0.1, 0.15) is 0 Å². The molecule has 1 N–H and O–H groups in total. The van der Waals surface area contributed by atoms with Crippen LogP contribution in [-0.2, 0) is 21.4 Å². The van der Waals surface area contributed by atoms with Crippen molar-refractivity contribution in [1.82, 2.24) is 9.62 Å². The van der Waals surface area contributed by atoms with Gasteiger partial charge in [0.2, 0.25) is 15.9 Å². The predicted octanol–water partition coefficient (Wildman–Crippen LogP) is 2.98. The summed E-state index contributed by atoms with van der Waals surface area (Å²) in [6.45, 7) is 1.76. The summed E-state index contributed by atoms with van der Waals surface area (Å²) in [5, 5.41) is 3.43. The van der Waals surface area contributed by atoms with Crippen molar-refractivity contribution in [3.8, 4) is 0 Å². The highest BCUT2D eigenvalue weighted by Gasteiger charge is 2.21. The summed E-state index contributed by atoms with van der Waals surface area (Å²) in [6.07, 6.45) is 1.10. The fraction of sp³-hybridized carbons (Fsp3) is 0.278.